The third-order valence-corrected chi connectivity index (χ3v) is 6.69. The molecule has 1 atom stereocenters. The first-order chi connectivity index (χ1) is 17.2. The van der Waals surface area contributed by atoms with Gasteiger partial charge in [-0.3, -0.25) is 4.79 Å². The van der Waals surface area contributed by atoms with E-state index in [0.29, 0.717) is 16.9 Å². The van der Waals surface area contributed by atoms with Crippen molar-refractivity contribution in [3.05, 3.63) is 102 Å². The summed E-state index contributed by atoms with van der Waals surface area (Å²) in [5.41, 5.74) is 14.9. The van der Waals surface area contributed by atoms with E-state index >= 15 is 0 Å². The fourth-order valence-electron chi connectivity index (χ4n) is 5.13. The third-order valence-electron chi connectivity index (χ3n) is 6.69. The summed E-state index contributed by atoms with van der Waals surface area (Å²) in [6, 6.07) is 23.4. The van der Waals surface area contributed by atoms with Crippen molar-refractivity contribution >= 4 is 33.7 Å². The van der Waals surface area contributed by atoms with Crippen molar-refractivity contribution in [1.82, 2.24) is 25.3 Å². The van der Waals surface area contributed by atoms with E-state index in [1.807, 2.05) is 42.5 Å². The van der Waals surface area contributed by atoms with E-state index in [4.69, 9.17) is 10.7 Å². The Morgan fingerprint density at radius 1 is 0.943 bits per heavy atom. The van der Waals surface area contributed by atoms with E-state index in [1.54, 1.807) is 18.5 Å². The predicted molar refractivity (Wildman–Crippen MR) is 137 cm³/mol. The zero-order chi connectivity index (χ0) is 23.5. The van der Waals surface area contributed by atoms with Gasteiger partial charge in [-0.05, 0) is 52.6 Å². The normalized spacial score (nSPS) is 14.2. The van der Waals surface area contributed by atoms with Crippen LogP contribution >= 0.6 is 0 Å². The summed E-state index contributed by atoms with van der Waals surface area (Å²) in [5, 5.41) is 4.07. The Balaban J connectivity index is 1.36. The second-order valence-electron chi connectivity index (χ2n) is 8.72. The van der Waals surface area contributed by atoms with Crippen LogP contribution < -0.4 is 11.1 Å². The minimum absolute atomic E-state index is 0.144. The number of nitrogens with two attached hydrogens (primary N) is 1. The van der Waals surface area contributed by atoms with E-state index in [9.17, 15) is 4.79 Å². The number of carbonyl (C=O) groups excluding carboxylic acids is 1. The van der Waals surface area contributed by atoms with Crippen molar-refractivity contribution < 1.29 is 4.79 Å². The molecule has 5 N–H and O–H groups in total. The molecule has 168 valence electrons. The first-order valence-electron chi connectivity index (χ1n) is 11.4. The first-order valence-corrected chi connectivity index (χ1v) is 11.4. The van der Waals surface area contributed by atoms with Crippen molar-refractivity contribution in [3.63, 3.8) is 0 Å². The highest BCUT2D eigenvalue weighted by Gasteiger charge is 2.32. The molecule has 7 heteroatoms. The number of amides is 1. The van der Waals surface area contributed by atoms with Gasteiger partial charge in [0.05, 0.1) is 22.6 Å². The van der Waals surface area contributed by atoms with Gasteiger partial charge < -0.3 is 21.0 Å². The third kappa shape index (κ3) is 2.95. The number of imidazole rings is 1. The number of carbonyl (C=O) groups is 1. The summed E-state index contributed by atoms with van der Waals surface area (Å²) in [4.78, 5) is 29.1. The van der Waals surface area contributed by atoms with Crippen molar-refractivity contribution in [2.24, 2.45) is 0 Å². The molecule has 0 aliphatic heterocycles. The summed E-state index contributed by atoms with van der Waals surface area (Å²) in [5.74, 6) is 0.627. The van der Waals surface area contributed by atoms with Gasteiger partial charge in [0.1, 0.15) is 11.5 Å². The Hall–Kier alpha value is -4.91. The van der Waals surface area contributed by atoms with Gasteiger partial charge in [0.25, 0.3) is 5.91 Å². The van der Waals surface area contributed by atoms with Crippen LogP contribution in [0.5, 0.6) is 0 Å². The number of anilines is 1. The topological polar surface area (TPSA) is 112 Å². The van der Waals surface area contributed by atoms with Crippen LogP contribution in [0.25, 0.3) is 44.6 Å². The number of fused-ring (bicyclic) bond motifs is 5. The number of hydrogen-bond donors (Lipinski definition) is 4. The maximum Gasteiger partial charge on any atom is 0.252 e. The summed E-state index contributed by atoms with van der Waals surface area (Å²) < 4.78 is 0. The first kappa shape index (κ1) is 19.5. The number of nitrogen functional groups attached to an aromatic ring is 1. The lowest BCUT2D eigenvalue weighted by Crippen LogP contribution is -2.28. The fourth-order valence-corrected chi connectivity index (χ4v) is 5.13. The summed E-state index contributed by atoms with van der Waals surface area (Å²) >= 11 is 0. The van der Waals surface area contributed by atoms with Crippen molar-refractivity contribution in [3.8, 4) is 22.5 Å². The Bertz CT molecular complexity index is 1780. The number of nitrogens with one attached hydrogen (secondary N) is 3. The summed E-state index contributed by atoms with van der Waals surface area (Å²) in [7, 11) is 0. The molecule has 1 aliphatic carbocycles. The van der Waals surface area contributed by atoms with E-state index < -0.39 is 0 Å². The zero-order valence-electron chi connectivity index (χ0n) is 18.5. The summed E-state index contributed by atoms with van der Waals surface area (Å²) in [6.45, 7) is 0. The van der Waals surface area contributed by atoms with Crippen LogP contribution in [-0.4, -0.2) is 25.8 Å². The molecule has 0 spiro atoms. The number of rotatable bonds is 3. The van der Waals surface area contributed by atoms with Gasteiger partial charge in [-0.2, -0.15) is 0 Å². The molecule has 3 aromatic heterocycles. The smallest absolute Gasteiger partial charge is 0.252 e. The van der Waals surface area contributed by atoms with Crippen LogP contribution in [0.4, 0.5) is 5.69 Å². The van der Waals surface area contributed by atoms with Gasteiger partial charge >= 0.3 is 0 Å². The molecule has 3 heterocycles. The van der Waals surface area contributed by atoms with Gasteiger partial charge in [0.15, 0.2) is 0 Å². The van der Waals surface area contributed by atoms with Gasteiger partial charge in [-0.1, -0.05) is 42.5 Å². The molecular formula is C28H20N6O. The summed E-state index contributed by atoms with van der Waals surface area (Å²) in [6.07, 6.45) is 3.44. The molecular weight excluding hydrogens is 436 g/mol. The average molecular weight is 457 g/mol. The van der Waals surface area contributed by atoms with E-state index in [-0.39, 0.29) is 11.9 Å². The highest BCUT2D eigenvalue weighted by Crippen LogP contribution is 2.47. The van der Waals surface area contributed by atoms with Gasteiger partial charge in [0, 0.05) is 29.0 Å². The average Bonchev–Trinajstić information content (AvgIpc) is 3.60. The minimum Gasteiger partial charge on any atom is -0.399 e. The molecule has 3 aromatic carbocycles. The standard InChI is InChI=1S/C28H20N6O/c29-15-8-9-22-23(14-15)33-27(32-22)21-7-3-6-20-24(21)16-4-1-2-5-17(16)25(20)34-28(35)19-11-13-31-26-18(19)10-12-30-26/h1-14,25H,29H2,(H,30,31)(H,32,33)(H,34,35). The van der Waals surface area contributed by atoms with Gasteiger partial charge in [0.2, 0.25) is 0 Å². The number of nitrogens with zero attached hydrogens (tertiary/aromatic N) is 2. The molecule has 7 rings (SSSR count). The molecule has 1 aliphatic rings. The van der Waals surface area contributed by atoms with Crippen LogP contribution in [0, 0.1) is 0 Å². The van der Waals surface area contributed by atoms with Crippen molar-refractivity contribution in [1.29, 1.82) is 0 Å². The Morgan fingerprint density at radius 2 is 1.80 bits per heavy atom. The predicted octanol–water partition coefficient (Wildman–Crippen LogP) is 5.19. The maximum absolute atomic E-state index is 13.5. The highest BCUT2D eigenvalue weighted by atomic mass is 16.1. The molecule has 7 nitrogen and oxygen atoms in total. The maximum atomic E-state index is 13.5. The van der Waals surface area contributed by atoms with E-state index in [0.717, 1.165) is 50.1 Å². The minimum atomic E-state index is -0.282. The lowest BCUT2D eigenvalue weighted by Gasteiger charge is -2.16. The zero-order valence-corrected chi connectivity index (χ0v) is 18.5. The van der Waals surface area contributed by atoms with Crippen molar-refractivity contribution in [2.45, 2.75) is 6.04 Å². The van der Waals surface area contributed by atoms with Crippen LogP contribution in [0.15, 0.2) is 85.2 Å². The second kappa shape index (κ2) is 7.30. The van der Waals surface area contributed by atoms with E-state index in [1.165, 1.54) is 0 Å². The molecule has 0 bridgehead atoms. The lowest BCUT2D eigenvalue weighted by atomic mass is 9.98. The quantitative estimate of drug-likeness (QED) is 0.275. The number of pyridine rings is 1. The number of aromatic nitrogens is 4. The second-order valence-corrected chi connectivity index (χ2v) is 8.72. The van der Waals surface area contributed by atoms with Crippen LogP contribution in [0.1, 0.15) is 27.5 Å². The SMILES string of the molecule is Nc1ccc2nc(-c3cccc4c3-c3ccccc3C4NC(=O)c3ccnc4[nH]ccc34)[nH]c2c1. The molecule has 0 radical (unpaired) electrons. The van der Waals surface area contributed by atoms with Crippen molar-refractivity contribution in [2.75, 3.05) is 5.73 Å². The molecule has 6 aromatic rings. The lowest BCUT2D eigenvalue weighted by molar-refractivity contribution is 0.0945. The Morgan fingerprint density at radius 3 is 2.74 bits per heavy atom. The molecule has 0 fully saturated rings. The number of benzene rings is 3. The largest absolute Gasteiger partial charge is 0.399 e. The molecule has 1 amide bonds. The Labute approximate surface area is 200 Å². The monoisotopic (exact) mass is 456 g/mol. The number of aromatic amines is 2. The van der Waals surface area contributed by atoms with Gasteiger partial charge in [-0.15, -0.1) is 0 Å². The van der Waals surface area contributed by atoms with E-state index in [2.05, 4.69) is 44.5 Å². The fraction of sp³-hybridized carbons (Fsp3) is 0.0357. The Kier molecular flexibility index (Phi) is 4.08. The highest BCUT2D eigenvalue weighted by molar-refractivity contribution is 6.06. The molecule has 0 saturated heterocycles. The molecule has 1 unspecified atom stereocenters. The molecule has 35 heavy (non-hydrogen) atoms. The van der Waals surface area contributed by atoms with Crippen LogP contribution in [0.3, 0.4) is 0 Å². The number of hydrogen-bond acceptors (Lipinski definition) is 4. The number of H-pyrrole nitrogens is 2. The molecule has 0 saturated carbocycles. The van der Waals surface area contributed by atoms with Gasteiger partial charge in [-0.25, -0.2) is 9.97 Å². The van der Waals surface area contributed by atoms with Crippen LogP contribution in [0.2, 0.25) is 0 Å². The van der Waals surface area contributed by atoms with Crippen LogP contribution in [-0.2, 0) is 0 Å².